The number of nitrogens with one attached hydrogen (secondary N) is 1. The summed E-state index contributed by atoms with van der Waals surface area (Å²) in [5.41, 5.74) is 1.13. The average molecular weight is 423 g/mol. The number of fused-ring (bicyclic) bond motifs is 2. The van der Waals surface area contributed by atoms with Crippen LogP contribution in [-0.4, -0.2) is 51.7 Å². The minimum atomic E-state index is -0.156. The van der Waals surface area contributed by atoms with E-state index in [4.69, 9.17) is 4.74 Å². The van der Waals surface area contributed by atoms with E-state index in [0.29, 0.717) is 36.6 Å². The van der Waals surface area contributed by atoms with Gasteiger partial charge in [0.2, 0.25) is 0 Å². The fourth-order valence-electron chi connectivity index (χ4n) is 4.43. The van der Waals surface area contributed by atoms with Crippen molar-refractivity contribution in [3.63, 3.8) is 0 Å². The van der Waals surface area contributed by atoms with Gasteiger partial charge in [-0.2, -0.15) is 5.10 Å². The first-order valence-electron chi connectivity index (χ1n) is 11.1. The third kappa shape index (κ3) is 4.50. The van der Waals surface area contributed by atoms with E-state index < -0.39 is 0 Å². The summed E-state index contributed by atoms with van der Waals surface area (Å²) < 4.78 is 7.59. The van der Waals surface area contributed by atoms with Crippen LogP contribution in [0.25, 0.3) is 0 Å². The highest BCUT2D eigenvalue weighted by Crippen LogP contribution is 2.26. The average Bonchev–Trinajstić information content (AvgIpc) is 3.26. The maximum atomic E-state index is 13.5. The maximum absolute atomic E-state index is 13.5. The number of ether oxygens (including phenoxy) is 1. The van der Waals surface area contributed by atoms with Crippen molar-refractivity contribution in [2.24, 2.45) is 0 Å². The molecule has 0 aliphatic carbocycles. The number of aromatic nitrogens is 2. The van der Waals surface area contributed by atoms with Crippen molar-refractivity contribution < 1.29 is 14.3 Å². The topological polar surface area (TPSA) is 76.5 Å². The summed E-state index contributed by atoms with van der Waals surface area (Å²) in [6, 6.07) is 8.97. The van der Waals surface area contributed by atoms with Crippen LogP contribution in [0.15, 0.2) is 48.7 Å². The Bertz CT molecular complexity index is 965. The molecule has 0 bridgehead atoms. The molecule has 4 rings (SSSR count). The molecule has 2 aliphatic heterocycles. The first-order valence-corrected chi connectivity index (χ1v) is 11.1. The molecule has 0 saturated carbocycles. The van der Waals surface area contributed by atoms with Gasteiger partial charge in [-0.15, -0.1) is 0 Å². The van der Waals surface area contributed by atoms with Gasteiger partial charge in [-0.3, -0.25) is 14.3 Å². The van der Waals surface area contributed by atoms with E-state index >= 15 is 0 Å². The summed E-state index contributed by atoms with van der Waals surface area (Å²) in [4.78, 5) is 28.5. The van der Waals surface area contributed by atoms with Gasteiger partial charge in [0.1, 0.15) is 11.4 Å². The Labute approximate surface area is 183 Å². The van der Waals surface area contributed by atoms with Crippen LogP contribution in [0.3, 0.4) is 0 Å². The number of likely N-dealkylation sites (tertiary alicyclic amines) is 1. The Hall–Kier alpha value is -3.09. The number of nitrogens with zero attached hydrogens (tertiary/aromatic N) is 3. The summed E-state index contributed by atoms with van der Waals surface area (Å²) in [5.74, 6) is 0.408. The Morgan fingerprint density at radius 1 is 1.23 bits per heavy atom. The zero-order valence-corrected chi connectivity index (χ0v) is 18.2. The second kappa shape index (κ2) is 9.37. The first-order chi connectivity index (χ1) is 15.1. The Morgan fingerprint density at radius 3 is 2.90 bits per heavy atom. The number of carbonyl (C=O) groups is 2. The van der Waals surface area contributed by atoms with Crippen LogP contribution in [-0.2, 0) is 0 Å². The molecule has 31 heavy (non-hydrogen) atoms. The standard InChI is InChI=1S/C24H30N4O3/c1-17(2)28-21(13-14-25-28)24(30)27-15-8-10-19-20(27)11-4-3-7-16-31-22-12-6-5-9-18(22)23(29)26-19/h3-6,9,12-14,17,19-20H,7-8,10-11,15-16H2,1-2H3,(H,26,29)/b4-3+/t19-,20-/m0/s1. The lowest BCUT2D eigenvalue weighted by Gasteiger charge is -2.41. The minimum Gasteiger partial charge on any atom is -0.492 e. The molecule has 1 N–H and O–H groups in total. The number of benzene rings is 1. The van der Waals surface area contributed by atoms with E-state index in [-0.39, 0.29) is 29.9 Å². The molecule has 1 fully saturated rings. The quantitative estimate of drug-likeness (QED) is 0.751. The molecule has 1 aromatic heterocycles. The summed E-state index contributed by atoms with van der Waals surface area (Å²) in [5, 5.41) is 7.52. The third-order valence-corrected chi connectivity index (χ3v) is 5.95. The molecular formula is C24H30N4O3. The number of piperidine rings is 1. The van der Waals surface area contributed by atoms with E-state index in [1.807, 2.05) is 36.9 Å². The van der Waals surface area contributed by atoms with Crippen LogP contribution in [0.4, 0.5) is 0 Å². The van der Waals surface area contributed by atoms with Gasteiger partial charge >= 0.3 is 0 Å². The summed E-state index contributed by atoms with van der Waals surface area (Å²) in [6.45, 7) is 5.21. The lowest BCUT2D eigenvalue weighted by atomic mass is 9.92. The molecule has 7 nitrogen and oxygen atoms in total. The van der Waals surface area contributed by atoms with Crippen LogP contribution >= 0.6 is 0 Å². The van der Waals surface area contributed by atoms with Gasteiger partial charge in [0, 0.05) is 24.8 Å². The molecule has 2 aliphatic rings. The van der Waals surface area contributed by atoms with E-state index in [1.165, 1.54) is 0 Å². The van der Waals surface area contributed by atoms with Gasteiger partial charge in [-0.25, -0.2) is 0 Å². The highest BCUT2D eigenvalue weighted by molar-refractivity contribution is 5.97. The van der Waals surface area contributed by atoms with Crippen molar-refractivity contribution in [3.05, 3.63) is 59.9 Å². The lowest BCUT2D eigenvalue weighted by Crippen LogP contribution is -2.57. The lowest BCUT2D eigenvalue weighted by molar-refractivity contribution is 0.0518. The first kappa shape index (κ1) is 21.2. The van der Waals surface area contributed by atoms with Gasteiger partial charge in [0.25, 0.3) is 11.8 Å². The highest BCUT2D eigenvalue weighted by Gasteiger charge is 2.36. The number of hydrogen-bond acceptors (Lipinski definition) is 4. The zero-order valence-electron chi connectivity index (χ0n) is 18.2. The Morgan fingerprint density at radius 2 is 2.06 bits per heavy atom. The van der Waals surface area contributed by atoms with E-state index in [9.17, 15) is 9.59 Å². The number of hydrogen-bond donors (Lipinski definition) is 1. The second-order valence-corrected chi connectivity index (χ2v) is 8.38. The van der Waals surface area contributed by atoms with Crippen molar-refractivity contribution in [3.8, 4) is 5.75 Å². The molecule has 164 valence electrons. The minimum absolute atomic E-state index is 0.0284. The fraction of sp³-hybridized carbons (Fsp3) is 0.458. The molecule has 2 amide bonds. The van der Waals surface area contributed by atoms with Crippen LogP contribution < -0.4 is 10.1 Å². The molecule has 2 aromatic rings. The molecule has 0 spiro atoms. The van der Waals surface area contributed by atoms with Gasteiger partial charge < -0.3 is 15.0 Å². The molecular weight excluding hydrogens is 392 g/mol. The monoisotopic (exact) mass is 422 g/mol. The van der Waals surface area contributed by atoms with Crippen molar-refractivity contribution in [1.29, 1.82) is 0 Å². The van der Waals surface area contributed by atoms with Crippen LogP contribution in [0.2, 0.25) is 0 Å². The van der Waals surface area contributed by atoms with Crippen molar-refractivity contribution in [1.82, 2.24) is 20.0 Å². The maximum Gasteiger partial charge on any atom is 0.272 e. The highest BCUT2D eigenvalue weighted by atomic mass is 16.5. The molecule has 0 radical (unpaired) electrons. The third-order valence-electron chi connectivity index (χ3n) is 5.95. The normalized spacial score (nSPS) is 22.9. The predicted octanol–water partition coefficient (Wildman–Crippen LogP) is 3.60. The van der Waals surface area contributed by atoms with Crippen molar-refractivity contribution in [2.45, 2.75) is 57.7 Å². The smallest absolute Gasteiger partial charge is 0.272 e. The predicted molar refractivity (Wildman–Crippen MR) is 118 cm³/mol. The molecule has 1 aromatic carbocycles. The number of carbonyl (C=O) groups excluding carboxylic acids is 2. The SMILES string of the molecule is CC(C)n1nccc1C(=O)N1CCC[C@@H]2NC(=O)c3ccccc3OCC/C=C/C[C@@H]21. The van der Waals surface area contributed by atoms with E-state index in [2.05, 4.69) is 22.6 Å². The van der Waals surface area contributed by atoms with Gasteiger partial charge in [0.05, 0.1) is 18.2 Å². The van der Waals surface area contributed by atoms with Gasteiger partial charge in [-0.05, 0) is 57.7 Å². The Balaban J connectivity index is 1.63. The number of rotatable bonds is 2. The summed E-state index contributed by atoms with van der Waals surface area (Å²) in [6.07, 6.45) is 8.99. The van der Waals surface area contributed by atoms with Crippen molar-refractivity contribution >= 4 is 11.8 Å². The van der Waals surface area contributed by atoms with E-state index in [0.717, 1.165) is 19.3 Å². The molecule has 7 heteroatoms. The number of amides is 2. The van der Waals surface area contributed by atoms with Crippen LogP contribution in [0, 0.1) is 0 Å². The van der Waals surface area contributed by atoms with Gasteiger partial charge in [-0.1, -0.05) is 24.3 Å². The second-order valence-electron chi connectivity index (χ2n) is 8.38. The van der Waals surface area contributed by atoms with Crippen LogP contribution in [0.1, 0.15) is 66.4 Å². The largest absolute Gasteiger partial charge is 0.492 e. The molecule has 2 atom stereocenters. The fourth-order valence-corrected chi connectivity index (χ4v) is 4.43. The molecule has 3 heterocycles. The Kier molecular flexibility index (Phi) is 6.39. The summed E-state index contributed by atoms with van der Waals surface area (Å²) >= 11 is 0. The molecule has 1 saturated heterocycles. The summed E-state index contributed by atoms with van der Waals surface area (Å²) in [7, 11) is 0. The van der Waals surface area contributed by atoms with Crippen molar-refractivity contribution in [2.75, 3.05) is 13.2 Å². The zero-order chi connectivity index (χ0) is 21.8. The van der Waals surface area contributed by atoms with Crippen LogP contribution in [0.5, 0.6) is 5.75 Å². The van der Waals surface area contributed by atoms with Gasteiger partial charge in [0.15, 0.2) is 0 Å². The van der Waals surface area contributed by atoms with E-state index in [1.54, 1.807) is 23.0 Å². The molecule has 0 unspecified atom stereocenters. The number of para-hydroxylation sites is 1.